The van der Waals surface area contributed by atoms with Crippen molar-refractivity contribution >= 4 is 32.5 Å². The monoisotopic (exact) mass is 244 g/mol. The highest BCUT2D eigenvalue weighted by molar-refractivity contribution is 7.17. The van der Waals surface area contributed by atoms with Crippen molar-refractivity contribution in [2.24, 2.45) is 0 Å². The summed E-state index contributed by atoms with van der Waals surface area (Å²) in [6.07, 6.45) is 0. The maximum atomic E-state index is 4.62. The van der Waals surface area contributed by atoms with Gasteiger partial charge in [0.1, 0.15) is 0 Å². The SMILES string of the molecule is CC.Cc1nc2ccc3sccc3c2nc1C. The number of thiophene rings is 1. The molecule has 0 fully saturated rings. The molecule has 3 aromatic rings. The fourth-order valence-corrected chi connectivity index (χ4v) is 2.52. The molecule has 3 heteroatoms. The average Bonchev–Trinajstić information content (AvgIpc) is 2.82. The van der Waals surface area contributed by atoms with E-state index in [2.05, 4.69) is 27.5 Å². The largest absolute Gasteiger partial charge is 0.250 e. The van der Waals surface area contributed by atoms with Gasteiger partial charge >= 0.3 is 0 Å². The minimum atomic E-state index is 0.990. The molecule has 17 heavy (non-hydrogen) atoms. The van der Waals surface area contributed by atoms with Gasteiger partial charge in [0, 0.05) is 10.1 Å². The van der Waals surface area contributed by atoms with Gasteiger partial charge in [-0.15, -0.1) is 11.3 Å². The molecule has 0 N–H and O–H groups in total. The summed E-state index contributed by atoms with van der Waals surface area (Å²) in [5.74, 6) is 0. The Morgan fingerprint density at radius 2 is 1.65 bits per heavy atom. The van der Waals surface area contributed by atoms with Crippen LogP contribution in [0.25, 0.3) is 21.1 Å². The van der Waals surface area contributed by atoms with Crippen molar-refractivity contribution in [3.05, 3.63) is 35.0 Å². The summed E-state index contributed by atoms with van der Waals surface area (Å²) in [5, 5.41) is 3.31. The van der Waals surface area contributed by atoms with Crippen LogP contribution in [0.15, 0.2) is 23.6 Å². The zero-order chi connectivity index (χ0) is 12.4. The molecule has 0 radical (unpaired) electrons. The lowest BCUT2D eigenvalue weighted by molar-refractivity contribution is 1.11. The van der Waals surface area contributed by atoms with Crippen molar-refractivity contribution in [1.82, 2.24) is 9.97 Å². The van der Waals surface area contributed by atoms with Crippen LogP contribution in [0.4, 0.5) is 0 Å². The molecule has 0 aliphatic rings. The molecule has 0 atom stereocenters. The Kier molecular flexibility index (Phi) is 3.38. The van der Waals surface area contributed by atoms with Crippen molar-refractivity contribution in [2.45, 2.75) is 27.7 Å². The van der Waals surface area contributed by atoms with E-state index >= 15 is 0 Å². The molecule has 0 unspecified atom stereocenters. The normalized spacial score (nSPS) is 10.4. The van der Waals surface area contributed by atoms with E-state index in [0.29, 0.717) is 0 Å². The van der Waals surface area contributed by atoms with Gasteiger partial charge in [-0.2, -0.15) is 0 Å². The lowest BCUT2D eigenvalue weighted by atomic mass is 10.2. The fraction of sp³-hybridized carbons (Fsp3) is 0.286. The van der Waals surface area contributed by atoms with E-state index in [1.54, 1.807) is 11.3 Å². The van der Waals surface area contributed by atoms with E-state index in [9.17, 15) is 0 Å². The van der Waals surface area contributed by atoms with Crippen LogP contribution in [-0.2, 0) is 0 Å². The molecule has 0 aliphatic carbocycles. The van der Waals surface area contributed by atoms with Crippen molar-refractivity contribution < 1.29 is 0 Å². The third-order valence-corrected chi connectivity index (χ3v) is 3.56. The summed E-state index contributed by atoms with van der Waals surface area (Å²) < 4.78 is 1.28. The summed E-state index contributed by atoms with van der Waals surface area (Å²) in [5.41, 5.74) is 4.04. The molecule has 88 valence electrons. The van der Waals surface area contributed by atoms with Crippen LogP contribution in [-0.4, -0.2) is 9.97 Å². The molecular weight excluding hydrogens is 228 g/mol. The van der Waals surface area contributed by atoms with Crippen molar-refractivity contribution in [3.63, 3.8) is 0 Å². The van der Waals surface area contributed by atoms with Crippen LogP contribution >= 0.6 is 11.3 Å². The third-order valence-electron chi connectivity index (χ3n) is 2.68. The topological polar surface area (TPSA) is 25.8 Å². The van der Waals surface area contributed by atoms with Gasteiger partial charge in [0.25, 0.3) is 0 Å². The maximum Gasteiger partial charge on any atom is 0.0976 e. The highest BCUT2D eigenvalue weighted by atomic mass is 32.1. The summed E-state index contributed by atoms with van der Waals surface area (Å²) in [6, 6.07) is 6.28. The second-order valence-electron chi connectivity index (χ2n) is 3.66. The summed E-state index contributed by atoms with van der Waals surface area (Å²) in [4.78, 5) is 9.17. The standard InChI is InChI=1S/C12H10N2S.C2H6/c1-7-8(2)14-12-9-5-6-15-11(9)4-3-10(12)13-7;1-2/h3-6H,1-2H3;1-2H3. The van der Waals surface area contributed by atoms with E-state index in [1.807, 2.05) is 33.8 Å². The van der Waals surface area contributed by atoms with Gasteiger partial charge < -0.3 is 0 Å². The summed E-state index contributed by atoms with van der Waals surface area (Å²) >= 11 is 1.74. The Labute approximate surface area is 105 Å². The number of aromatic nitrogens is 2. The van der Waals surface area contributed by atoms with E-state index in [-0.39, 0.29) is 0 Å². The summed E-state index contributed by atoms with van der Waals surface area (Å²) in [6.45, 7) is 8.01. The quantitative estimate of drug-likeness (QED) is 0.582. The Bertz CT molecular complexity index is 656. The molecule has 0 aliphatic heterocycles. The zero-order valence-electron chi connectivity index (χ0n) is 10.6. The average molecular weight is 244 g/mol. The van der Waals surface area contributed by atoms with Crippen molar-refractivity contribution in [2.75, 3.05) is 0 Å². The first-order chi connectivity index (χ1) is 8.25. The highest BCUT2D eigenvalue weighted by Gasteiger charge is 2.05. The minimum Gasteiger partial charge on any atom is -0.250 e. The predicted molar refractivity (Wildman–Crippen MR) is 75.7 cm³/mol. The fourth-order valence-electron chi connectivity index (χ4n) is 1.74. The molecule has 1 aromatic carbocycles. The Morgan fingerprint density at radius 1 is 0.941 bits per heavy atom. The van der Waals surface area contributed by atoms with Gasteiger partial charge in [-0.25, -0.2) is 9.97 Å². The van der Waals surface area contributed by atoms with Crippen LogP contribution in [0.2, 0.25) is 0 Å². The molecule has 2 nitrogen and oxygen atoms in total. The van der Waals surface area contributed by atoms with Crippen LogP contribution in [0.3, 0.4) is 0 Å². The van der Waals surface area contributed by atoms with Gasteiger partial charge in [-0.3, -0.25) is 0 Å². The van der Waals surface area contributed by atoms with E-state index in [1.165, 1.54) is 10.1 Å². The molecule has 0 saturated carbocycles. The van der Waals surface area contributed by atoms with Crippen LogP contribution in [0.5, 0.6) is 0 Å². The molecular formula is C14H16N2S. The molecule has 0 saturated heterocycles. The molecule has 0 spiro atoms. The molecule has 3 rings (SSSR count). The van der Waals surface area contributed by atoms with E-state index in [4.69, 9.17) is 0 Å². The number of nitrogens with zero attached hydrogens (tertiary/aromatic N) is 2. The number of aryl methyl sites for hydroxylation is 2. The second-order valence-corrected chi connectivity index (χ2v) is 4.61. The Morgan fingerprint density at radius 3 is 2.41 bits per heavy atom. The summed E-state index contributed by atoms with van der Waals surface area (Å²) in [7, 11) is 0. The van der Waals surface area contributed by atoms with Crippen LogP contribution in [0, 0.1) is 13.8 Å². The van der Waals surface area contributed by atoms with Crippen molar-refractivity contribution in [3.8, 4) is 0 Å². The second kappa shape index (κ2) is 4.80. The van der Waals surface area contributed by atoms with Crippen LogP contribution in [0.1, 0.15) is 25.2 Å². The lowest BCUT2D eigenvalue weighted by Crippen LogP contribution is -1.92. The molecule has 2 aromatic heterocycles. The van der Waals surface area contributed by atoms with Crippen LogP contribution < -0.4 is 0 Å². The van der Waals surface area contributed by atoms with Gasteiger partial charge in [0.15, 0.2) is 0 Å². The van der Waals surface area contributed by atoms with E-state index in [0.717, 1.165) is 22.4 Å². The number of hydrogen-bond acceptors (Lipinski definition) is 3. The first-order valence-corrected chi connectivity index (χ1v) is 6.75. The molecule has 0 amide bonds. The van der Waals surface area contributed by atoms with Gasteiger partial charge in [0.2, 0.25) is 0 Å². The number of rotatable bonds is 0. The Hall–Kier alpha value is -1.48. The first kappa shape index (κ1) is 12.0. The number of fused-ring (bicyclic) bond motifs is 3. The minimum absolute atomic E-state index is 0.990. The van der Waals surface area contributed by atoms with Crippen molar-refractivity contribution in [1.29, 1.82) is 0 Å². The maximum absolute atomic E-state index is 4.62. The molecule has 2 heterocycles. The first-order valence-electron chi connectivity index (χ1n) is 5.87. The number of hydrogen-bond donors (Lipinski definition) is 0. The predicted octanol–water partition coefficient (Wildman–Crippen LogP) is 4.49. The number of benzene rings is 1. The highest BCUT2D eigenvalue weighted by Crippen LogP contribution is 2.27. The Balaban J connectivity index is 0.000000514. The third kappa shape index (κ3) is 2.03. The zero-order valence-corrected chi connectivity index (χ0v) is 11.4. The van der Waals surface area contributed by atoms with Gasteiger partial charge in [-0.1, -0.05) is 13.8 Å². The lowest BCUT2D eigenvalue weighted by Gasteiger charge is -2.02. The molecule has 0 bridgehead atoms. The van der Waals surface area contributed by atoms with Gasteiger partial charge in [-0.05, 0) is 37.4 Å². The van der Waals surface area contributed by atoms with E-state index < -0.39 is 0 Å². The smallest absolute Gasteiger partial charge is 0.0976 e. The van der Waals surface area contributed by atoms with Gasteiger partial charge in [0.05, 0.1) is 22.4 Å².